The summed E-state index contributed by atoms with van der Waals surface area (Å²) in [6, 6.07) is 8.41. The molecule has 0 radical (unpaired) electrons. The van der Waals surface area contributed by atoms with Crippen LogP contribution in [0.25, 0.3) is 0 Å². The van der Waals surface area contributed by atoms with Crippen LogP contribution >= 0.6 is 0 Å². The summed E-state index contributed by atoms with van der Waals surface area (Å²) in [5.41, 5.74) is 1.29. The van der Waals surface area contributed by atoms with E-state index in [1.165, 1.54) is 50.6 Å². The van der Waals surface area contributed by atoms with E-state index in [0.717, 1.165) is 31.4 Å². The van der Waals surface area contributed by atoms with E-state index in [2.05, 4.69) is 23.1 Å². The molecular formula is C19H29NO2. The Labute approximate surface area is 134 Å². The lowest BCUT2D eigenvalue weighted by Gasteiger charge is -2.28. The first-order valence-corrected chi connectivity index (χ1v) is 8.81. The number of rotatable bonds is 7. The Bertz CT molecular complexity index is 433. The highest BCUT2D eigenvalue weighted by Gasteiger charge is 2.24. The van der Waals surface area contributed by atoms with Crippen molar-refractivity contribution in [3.05, 3.63) is 29.8 Å². The zero-order chi connectivity index (χ0) is 15.2. The molecule has 3 nitrogen and oxygen atoms in total. The predicted octanol–water partition coefficient (Wildman–Crippen LogP) is 3.87. The molecule has 1 aliphatic carbocycles. The minimum absolute atomic E-state index is 0.427. The van der Waals surface area contributed by atoms with Crippen molar-refractivity contribution < 1.29 is 9.47 Å². The van der Waals surface area contributed by atoms with Gasteiger partial charge in [-0.3, -0.25) is 4.90 Å². The van der Waals surface area contributed by atoms with Crippen molar-refractivity contribution in [2.75, 3.05) is 26.8 Å². The van der Waals surface area contributed by atoms with Crippen LogP contribution in [0.15, 0.2) is 24.3 Å². The molecule has 1 saturated carbocycles. The summed E-state index contributed by atoms with van der Waals surface area (Å²) in [5.74, 6) is 1.88. The van der Waals surface area contributed by atoms with Gasteiger partial charge in [0.2, 0.25) is 0 Å². The van der Waals surface area contributed by atoms with Gasteiger partial charge in [0, 0.05) is 31.8 Å². The molecular weight excluding hydrogens is 274 g/mol. The van der Waals surface area contributed by atoms with Gasteiger partial charge in [-0.1, -0.05) is 31.0 Å². The average molecular weight is 303 g/mol. The second-order valence-electron chi connectivity index (χ2n) is 6.79. The number of ether oxygens (including phenoxy) is 2. The fourth-order valence-electron chi connectivity index (χ4n) is 3.91. The van der Waals surface area contributed by atoms with Crippen molar-refractivity contribution in [3.8, 4) is 5.75 Å². The summed E-state index contributed by atoms with van der Waals surface area (Å²) in [7, 11) is 1.76. The molecule has 1 unspecified atom stereocenters. The third kappa shape index (κ3) is 4.23. The fourth-order valence-corrected chi connectivity index (χ4v) is 3.91. The normalized spacial score (nSPS) is 22.5. The SMILES string of the molecule is COc1ccccc1CN(CC1CCCC1)CC1CCCO1. The van der Waals surface area contributed by atoms with Gasteiger partial charge in [-0.25, -0.2) is 0 Å². The van der Waals surface area contributed by atoms with Gasteiger partial charge in [-0.15, -0.1) is 0 Å². The van der Waals surface area contributed by atoms with Crippen molar-refractivity contribution >= 4 is 0 Å². The smallest absolute Gasteiger partial charge is 0.123 e. The van der Waals surface area contributed by atoms with E-state index >= 15 is 0 Å². The van der Waals surface area contributed by atoms with Crippen molar-refractivity contribution in [2.45, 2.75) is 51.2 Å². The number of benzene rings is 1. The molecule has 0 N–H and O–H groups in total. The van der Waals surface area contributed by atoms with Crippen molar-refractivity contribution in [2.24, 2.45) is 5.92 Å². The quantitative estimate of drug-likeness (QED) is 0.763. The Morgan fingerprint density at radius 2 is 1.91 bits per heavy atom. The third-order valence-corrected chi connectivity index (χ3v) is 5.06. The van der Waals surface area contributed by atoms with Crippen LogP contribution in [0.4, 0.5) is 0 Å². The van der Waals surface area contributed by atoms with Gasteiger partial charge in [0.25, 0.3) is 0 Å². The van der Waals surface area contributed by atoms with E-state index in [1.807, 2.05) is 6.07 Å². The lowest BCUT2D eigenvalue weighted by molar-refractivity contribution is 0.0646. The van der Waals surface area contributed by atoms with Crippen molar-refractivity contribution in [1.82, 2.24) is 4.90 Å². The highest BCUT2D eigenvalue weighted by Crippen LogP contribution is 2.28. The van der Waals surface area contributed by atoms with Gasteiger partial charge >= 0.3 is 0 Å². The maximum absolute atomic E-state index is 5.87. The number of hydrogen-bond donors (Lipinski definition) is 0. The van der Waals surface area contributed by atoms with Gasteiger partial charge in [0.05, 0.1) is 13.2 Å². The zero-order valence-corrected chi connectivity index (χ0v) is 13.8. The van der Waals surface area contributed by atoms with E-state index in [9.17, 15) is 0 Å². The van der Waals surface area contributed by atoms with Crippen LogP contribution in [-0.4, -0.2) is 37.8 Å². The second kappa shape index (κ2) is 7.98. The average Bonchev–Trinajstić information content (AvgIpc) is 3.21. The first kappa shape index (κ1) is 15.8. The molecule has 1 atom stereocenters. The molecule has 1 aromatic rings. The zero-order valence-electron chi connectivity index (χ0n) is 13.8. The molecule has 0 amide bonds. The molecule has 22 heavy (non-hydrogen) atoms. The van der Waals surface area contributed by atoms with E-state index in [4.69, 9.17) is 9.47 Å². The molecule has 3 rings (SSSR count). The number of para-hydroxylation sites is 1. The molecule has 1 aromatic carbocycles. The van der Waals surface area contributed by atoms with Crippen molar-refractivity contribution in [3.63, 3.8) is 0 Å². The van der Waals surface area contributed by atoms with Crippen molar-refractivity contribution in [1.29, 1.82) is 0 Å². The minimum Gasteiger partial charge on any atom is -0.496 e. The predicted molar refractivity (Wildman–Crippen MR) is 89.2 cm³/mol. The van der Waals surface area contributed by atoms with E-state index in [0.29, 0.717) is 6.10 Å². The maximum Gasteiger partial charge on any atom is 0.123 e. The van der Waals surface area contributed by atoms with Crippen LogP contribution in [0.1, 0.15) is 44.1 Å². The van der Waals surface area contributed by atoms with Crippen LogP contribution in [0, 0.1) is 5.92 Å². The van der Waals surface area contributed by atoms with E-state index in [-0.39, 0.29) is 0 Å². The largest absolute Gasteiger partial charge is 0.496 e. The van der Waals surface area contributed by atoms with Gasteiger partial charge in [-0.05, 0) is 37.7 Å². The summed E-state index contributed by atoms with van der Waals surface area (Å²) in [4.78, 5) is 2.60. The lowest BCUT2D eigenvalue weighted by atomic mass is 10.1. The highest BCUT2D eigenvalue weighted by molar-refractivity contribution is 5.33. The molecule has 2 aliphatic rings. The summed E-state index contributed by atoms with van der Waals surface area (Å²) in [6.07, 6.45) is 8.47. The molecule has 0 spiro atoms. The Hall–Kier alpha value is -1.06. The molecule has 1 saturated heterocycles. The molecule has 3 heteroatoms. The number of methoxy groups -OCH3 is 1. The van der Waals surface area contributed by atoms with Crippen LogP contribution in [0.5, 0.6) is 5.75 Å². The van der Waals surface area contributed by atoms with Gasteiger partial charge in [0.15, 0.2) is 0 Å². The summed E-state index contributed by atoms with van der Waals surface area (Å²) < 4.78 is 11.4. The van der Waals surface area contributed by atoms with E-state index in [1.54, 1.807) is 7.11 Å². The Morgan fingerprint density at radius 3 is 2.64 bits per heavy atom. The molecule has 122 valence electrons. The molecule has 1 heterocycles. The molecule has 2 fully saturated rings. The van der Waals surface area contributed by atoms with Crippen LogP contribution in [0.3, 0.4) is 0 Å². The summed E-state index contributed by atoms with van der Waals surface area (Å²) >= 11 is 0. The molecule has 1 aliphatic heterocycles. The van der Waals surface area contributed by atoms with Gasteiger partial charge in [-0.2, -0.15) is 0 Å². The summed E-state index contributed by atoms with van der Waals surface area (Å²) in [6.45, 7) is 4.18. The molecule has 0 bridgehead atoms. The monoisotopic (exact) mass is 303 g/mol. The molecule has 0 aromatic heterocycles. The van der Waals surface area contributed by atoms with E-state index < -0.39 is 0 Å². The Balaban J connectivity index is 1.65. The maximum atomic E-state index is 5.87. The van der Waals surface area contributed by atoms with Crippen LogP contribution in [0.2, 0.25) is 0 Å². The minimum atomic E-state index is 0.427. The van der Waals surface area contributed by atoms with Gasteiger partial charge < -0.3 is 9.47 Å². The first-order chi connectivity index (χ1) is 10.8. The van der Waals surface area contributed by atoms with Crippen LogP contribution in [-0.2, 0) is 11.3 Å². The Kier molecular flexibility index (Phi) is 5.74. The van der Waals surface area contributed by atoms with Gasteiger partial charge in [0.1, 0.15) is 5.75 Å². The standard InChI is InChI=1S/C19H29NO2/c1-21-19-11-5-4-9-17(19)14-20(13-16-7-2-3-8-16)15-18-10-6-12-22-18/h4-5,9,11,16,18H,2-3,6-8,10,12-15H2,1H3. The Morgan fingerprint density at radius 1 is 1.09 bits per heavy atom. The summed E-state index contributed by atoms with van der Waals surface area (Å²) in [5, 5.41) is 0. The van der Waals surface area contributed by atoms with Crippen LogP contribution < -0.4 is 4.74 Å². The second-order valence-corrected chi connectivity index (χ2v) is 6.79. The third-order valence-electron chi connectivity index (χ3n) is 5.06. The number of nitrogens with zero attached hydrogens (tertiary/aromatic N) is 1. The highest BCUT2D eigenvalue weighted by atomic mass is 16.5. The topological polar surface area (TPSA) is 21.7 Å². The lowest BCUT2D eigenvalue weighted by Crippen LogP contribution is -2.35. The fraction of sp³-hybridized carbons (Fsp3) is 0.684. The first-order valence-electron chi connectivity index (χ1n) is 8.81. The number of hydrogen-bond acceptors (Lipinski definition) is 3.